The van der Waals surface area contributed by atoms with Gasteiger partial charge in [-0.3, -0.25) is 9.69 Å². The fourth-order valence-electron chi connectivity index (χ4n) is 3.24. The van der Waals surface area contributed by atoms with Crippen LogP contribution in [0.2, 0.25) is 0 Å². The number of carboxylic acid groups (broad SMARTS) is 1. The SMILES string of the molecule is CC(C)(CN1CCOCC1)CN1CCC(N)(C(=O)O)C1. The van der Waals surface area contributed by atoms with E-state index >= 15 is 0 Å². The van der Waals surface area contributed by atoms with Crippen LogP contribution in [0.3, 0.4) is 0 Å². The molecule has 1 unspecified atom stereocenters. The predicted molar refractivity (Wildman–Crippen MR) is 76.7 cm³/mol. The summed E-state index contributed by atoms with van der Waals surface area (Å²) in [6.07, 6.45) is 0.538. The fourth-order valence-corrected chi connectivity index (χ4v) is 3.24. The topological polar surface area (TPSA) is 79.0 Å². The zero-order chi connectivity index (χ0) is 14.8. The first-order valence-electron chi connectivity index (χ1n) is 7.36. The van der Waals surface area contributed by atoms with Crippen molar-refractivity contribution in [2.24, 2.45) is 11.1 Å². The first-order valence-corrected chi connectivity index (χ1v) is 7.36. The van der Waals surface area contributed by atoms with Gasteiger partial charge in [-0.15, -0.1) is 0 Å². The van der Waals surface area contributed by atoms with Crippen LogP contribution in [-0.4, -0.2) is 78.9 Å². The molecule has 2 saturated heterocycles. The average molecular weight is 285 g/mol. The minimum Gasteiger partial charge on any atom is -0.480 e. The monoisotopic (exact) mass is 285 g/mol. The smallest absolute Gasteiger partial charge is 0.325 e. The minimum absolute atomic E-state index is 0.126. The fraction of sp³-hybridized carbons (Fsp3) is 0.929. The van der Waals surface area contributed by atoms with Crippen LogP contribution in [-0.2, 0) is 9.53 Å². The van der Waals surface area contributed by atoms with Crippen molar-refractivity contribution in [3.05, 3.63) is 0 Å². The molecule has 1 atom stereocenters. The van der Waals surface area contributed by atoms with Crippen molar-refractivity contribution in [1.82, 2.24) is 9.80 Å². The Bertz CT molecular complexity index is 356. The molecule has 0 aromatic carbocycles. The van der Waals surface area contributed by atoms with E-state index in [1.54, 1.807) is 0 Å². The van der Waals surface area contributed by atoms with Crippen LogP contribution in [0.15, 0.2) is 0 Å². The molecule has 116 valence electrons. The molecule has 2 aliphatic heterocycles. The van der Waals surface area contributed by atoms with E-state index in [0.717, 1.165) is 45.9 Å². The van der Waals surface area contributed by atoms with Crippen molar-refractivity contribution < 1.29 is 14.6 Å². The lowest BCUT2D eigenvalue weighted by Gasteiger charge is -2.37. The summed E-state index contributed by atoms with van der Waals surface area (Å²) in [7, 11) is 0. The Balaban J connectivity index is 1.84. The van der Waals surface area contributed by atoms with Gasteiger partial charge in [0.25, 0.3) is 0 Å². The number of ether oxygens (including phenoxy) is 1. The second-order valence-electron chi connectivity index (χ2n) is 6.97. The van der Waals surface area contributed by atoms with E-state index in [1.165, 1.54) is 0 Å². The molecule has 0 radical (unpaired) electrons. The van der Waals surface area contributed by atoms with Gasteiger partial charge in [0.2, 0.25) is 0 Å². The van der Waals surface area contributed by atoms with Crippen LogP contribution in [0.5, 0.6) is 0 Å². The summed E-state index contributed by atoms with van der Waals surface area (Å²) in [5.41, 5.74) is 4.99. The van der Waals surface area contributed by atoms with E-state index < -0.39 is 11.5 Å². The summed E-state index contributed by atoms with van der Waals surface area (Å²) in [4.78, 5) is 15.8. The quantitative estimate of drug-likeness (QED) is 0.730. The average Bonchev–Trinajstić information content (AvgIpc) is 2.72. The Labute approximate surface area is 120 Å². The third-order valence-corrected chi connectivity index (χ3v) is 4.21. The summed E-state index contributed by atoms with van der Waals surface area (Å²) < 4.78 is 5.37. The number of likely N-dealkylation sites (tertiary alicyclic amines) is 1. The number of aliphatic carboxylic acids is 1. The first kappa shape index (κ1) is 15.7. The van der Waals surface area contributed by atoms with Crippen molar-refractivity contribution in [2.75, 3.05) is 52.5 Å². The minimum atomic E-state index is -1.06. The number of nitrogens with two attached hydrogens (primary N) is 1. The van der Waals surface area contributed by atoms with Crippen LogP contribution in [0.4, 0.5) is 0 Å². The zero-order valence-corrected chi connectivity index (χ0v) is 12.6. The summed E-state index contributed by atoms with van der Waals surface area (Å²) in [6.45, 7) is 11.2. The lowest BCUT2D eigenvalue weighted by Crippen LogP contribution is -2.51. The second-order valence-corrected chi connectivity index (χ2v) is 6.97. The number of carboxylic acids is 1. The van der Waals surface area contributed by atoms with Gasteiger partial charge >= 0.3 is 5.97 Å². The lowest BCUT2D eigenvalue weighted by molar-refractivity contribution is -0.142. The van der Waals surface area contributed by atoms with Crippen molar-refractivity contribution >= 4 is 5.97 Å². The summed E-state index contributed by atoms with van der Waals surface area (Å²) in [5, 5.41) is 9.18. The number of nitrogens with zero attached hydrogens (tertiary/aromatic N) is 2. The van der Waals surface area contributed by atoms with Gasteiger partial charge in [0, 0.05) is 39.3 Å². The maximum atomic E-state index is 11.2. The van der Waals surface area contributed by atoms with Crippen LogP contribution in [0, 0.1) is 5.41 Å². The molecule has 0 aliphatic carbocycles. The lowest BCUT2D eigenvalue weighted by atomic mass is 9.91. The number of rotatable bonds is 5. The zero-order valence-electron chi connectivity index (χ0n) is 12.6. The highest BCUT2D eigenvalue weighted by Gasteiger charge is 2.42. The summed E-state index contributed by atoms with van der Waals surface area (Å²) in [6, 6.07) is 0. The molecule has 0 bridgehead atoms. The highest BCUT2D eigenvalue weighted by atomic mass is 16.5. The van der Waals surface area contributed by atoms with E-state index in [9.17, 15) is 9.90 Å². The van der Waals surface area contributed by atoms with Crippen molar-refractivity contribution in [2.45, 2.75) is 25.8 Å². The Hall–Kier alpha value is -0.690. The van der Waals surface area contributed by atoms with Gasteiger partial charge in [-0.1, -0.05) is 13.8 Å². The third-order valence-electron chi connectivity index (χ3n) is 4.21. The van der Waals surface area contributed by atoms with E-state index in [4.69, 9.17) is 10.5 Å². The van der Waals surface area contributed by atoms with E-state index in [-0.39, 0.29) is 5.41 Å². The number of carbonyl (C=O) groups is 1. The van der Waals surface area contributed by atoms with Gasteiger partial charge in [-0.05, 0) is 11.8 Å². The maximum Gasteiger partial charge on any atom is 0.325 e. The number of hydrogen-bond donors (Lipinski definition) is 2. The van der Waals surface area contributed by atoms with Crippen molar-refractivity contribution in [3.8, 4) is 0 Å². The Kier molecular flexibility index (Phi) is 4.69. The van der Waals surface area contributed by atoms with Crippen LogP contribution in [0.25, 0.3) is 0 Å². The molecule has 6 nitrogen and oxygen atoms in total. The molecule has 3 N–H and O–H groups in total. The number of hydrogen-bond acceptors (Lipinski definition) is 5. The third kappa shape index (κ3) is 3.91. The molecule has 2 aliphatic rings. The molecule has 0 aromatic heterocycles. The first-order chi connectivity index (χ1) is 9.31. The van der Waals surface area contributed by atoms with Crippen LogP contribution < -0.4 is 5.73 Å². The maximum absolute atomic E-state index is 11.2. The van der Waals surface area contributed by atoms with Gasteiger partial charge in [0.15, 0.2) is 0 Å². The Morgan fingerprint density at radius 1 is 1.25 bits per heavy atom. The van der Waals surface area contributed by atoms with Gasteiger partial charge in [0.05, 0.1) is 13.2 Å². The normalized spacial score (nSPS) is 29.8. The predicted octanol–water partition coefficient (Wildman–Crippen LogP) is -0.167. The van der Waals surface area contributed by atoms with E-state index in [2.05, 4.69) is 23.6 Å². The highest BCUT2D eigenvalue weighted by Crippen LogP contribution is 2.25. The van der Waals surface area contributed by atoms with Gasteiger partial charge in [-0.2, -0.15) is 0 Å². The molecule has 2 rings (SSSR count). The van der Waals surface area contributed by atoms with E-state index in [0.29, 0.717) is 13.0 Å². The van der Waals surface area contributed by atoms with Crippen LogP contribution in [0.1, 0.15) is 20.3 Å². The number of morpholine rings is 1. The Morgan fingerprint density at radius 3 is 2.40 bits per heavy atom. The van der Waals surface area contributed by atoms with Gasteiger partial charge < -0.3 is 20.5 Å². The molecular weight excluding hydrogens is 258 g/mol. The Morgan fingerprint density at radius 2 is 1.85 bits per heavy atom. The molecule has 0 spiro atoms. The molecular formula is C14H27N3O3. The molecule has 2 heterocycles. The van der Waals surface area contributed by atoms with Crippen LogP contribution >= 0.6 is 0 Å². The standard InChI is InChI=1S/C14H27N3O3/c1-13(2,9-16-5-7-20-8-6-16)10-17-4-3-14(15,11-17)12(18)19/h3-11,15H2,1-2H3,(H,18,19). The van der Waals surface area contributed by atoms with Crippen molar-refractivity contribution in [3.63, 3.8) is 0 Å². The molecule has 6 heteroatoms. The molecule has 2 fully saturated rings. The van der Waals surface area contributed by atoms with E-state index in [1.807, 2.05) is 0 Å². The largest absolute Gasteiger partial charge is 0.480 e. The highest BCUT2D eigenvalue weighted by molar-refractivity contribution is 5.79. The molecule has 0 saturated carbocycles. The second kappa shape index (κ2) is 5.97. The molecule has 0 aromatic rings. The van der Waals surface area contributed by atoms with Gasteiger partial charge in [0.1, 0.15) is 5.54 Å². The molecule has 20 heavy (non-hydrogen) atoms. The summed E-state index contributed by atoms with van der Waals surface area (Å²) in [5.74, 6) is -0.883. The molecule has 0 amide bonds. The van der Waals surface area contributed by atoms with Gasteiger partial charge in [-0.25, -0.2) is 0 Å². The summed E-state index contributed by atoms with van der Waals surface area (Å²) >= 11 is 0. The van der Waals surface area contributed by atoms with Crippen molar-refractivity contribution in [1.29, 1.82) is 0 Å².